The number of carbonyl (C=O) groups excluding carboxylic acids is 1. The molecule has 0 saturated heterocycles. The highest BCUT2D eigenvalue weighted by Crippen LogP contribution is 2.30. The highest BCUT2D eigenvalue weighted by atomic mass is 19.1. The predicted molar refractivity (Wildman–Crippen MR) is 48.1 cm³/mol. The van der Waals surface area contributed by atoms with Gasteiger partial charge in [0.1, 0.15) is 17.0 Å². The Morgan fingerprint density at radius 2 is 2.29 bits per heavy atom. The van der Waals surface area contributed by atoms with Crippen molar-refractivity contribution in [3.8, 4) is 5.95 Å². The minimum atomic E-state index is -0.411. The summed E-state index contributed by atoms with van der Waals surface area (Å²) in [5.74, 6) is -0.299. The minimum Gasteiger partial charge on any atom is -0.468 e. The Morgan fingerprint density at radius 1 is 1.50 bits per heavy atom. The van der Waals surface area contributed by atoms with Crippen LogP contribution in [0.5, 0.6) is 5.95 Å². The molecule has 1 aromatic carbocycles. The zero-order valence-electron chi connectivity index (χ0n) is 7.41. The molecule has 4 heteroatoms. The third kappa shape index (κ3) is 1.16. The second kappa shape index (κ2) is 3.14. The Bertz CT molecular complexity index is 487. The molecule has 0 unspecified atom stereocenters. The van der Waals surface area contributed by atoms with Crippen LogP contribution in [0.2, 0.25) is 0 Å². The summed E-state index contributed by atoms with van der Waals surface area (Å²) in [7, 11) is 1.39. The molecule has 1 aromatic heterocycles. The van der Waals surface area contributed by atoms with Gasteiger partial charge in [0.15, 0.2) is 6.29 Å². The summed E-state index contributed by atoms with van der Waals surface area (Å²) in [6, 6.07) is 3.97. The van der Waals surface area contributed by atoms with Crippen LogP contribution in [0.25, 0.3) is 11.0 Å². The van der Waals surface area contributed by atoms with Crippen molar-refractivity contribution in [1.82, 2.24) is 0 Å². The molecule has 0 spiro atoms. The molecule has 72 valence electrons. The van der Waals surface area contributed by atoms with Crippen molar-refractivity contribution in [2.24, 2.45) is 0 Å². The fourth-order valence-electron chi connectivity index (χ4n) is 1.33. The number of aldehydes is 1. The molecule has 0 fully saturated rings. The van der Waals surface area contributed by atoms with Crippen molar-refractivity contribution >= 4 is 17.3 Å². The number of benzene rings is 1. The SMILES string of the molecule is COc1oc2cc(F)ccc2c1C=O. The first kappa shape index (κ1) is 8.74. The van der Waals surface area contributed by atoms with Gasteiger partial charge >= 0.3 is 0 Å². The normalized spacial score (nSPS) is 10.4. The molecule has 0 aliphatic carbocycles. The van der Waals surface area contributed by atoms with Crippen LogP contribution in [0, 0.1) is 5.82 Å². The van der Waals surface area contributed by atoms with Gasteiger partial charge in [0, 0.05) is 11.5 Å². The lowest BCUT2D eigenvalue weighted by molar-refractivity contribution is 0.111. The molecule has 2 aromatic rings. The third-order valence-electron chi connectivity index (χ3n) is 1.96. The van der Waals surface area contributed by atoms with E-state index in [4.69, 9.17) is 9.15 Å². The molecule has 3 nitrogen and oxygen atoms in total. The summed E-state index contributed by atoms with van der Waals surface area (Å²) >= 11 is 0. The van der Waals surface area contributed by atoms with E-state index in [9.17, 15) is 9.18 Å². The lowest BCUT2D eigenvalue weighted by atomic mass is 10.2. The van der Waals surface area contributed by atoms with Crippen LogP contribution < -0.4 is 4.74 Å². The van der Waals surface area contributed by atoms with Crippen LogP contribution >= 0.6 is 0 Å². The Labute approximate surface area is 79.1 Å². The highest BCUT2D eigenvalue weighted by molar-refractivity contribution is 5.98. The van der Waals surface area contributed by atoms with Gasteiger partial charge in [0.05, 0.1) is 7.11 Å². The minimum absolute atomic E-state index is 0.112. The Kier molecular flexibility index (Phi) is 1.96. The van der Waals surface area contributed by atoms with Crippen LogP contribution in [0.1, 0.15) is 10.4 Å². The lowest BCUT2D eigenvalue weighted by Crippen LogP contribution is -1.84. The second-order valence-corrected chi connectivity index (χ2v) is 2.77. The summed E-state index contributed by atoms with van der Waals surface area (Å²) in [4.78, 5) is 10.7. The van der Waals surface area contributed by atoms with E-state index in [1.165, 1.54) is 25.3 Å². The van der Waals surface area contributed by atoms with Crippen molar-refractivity contribution in [1.29, 1.82) is 0 Å². The van der Waals surface area contributed by atoms with E-state index in [-0.39, 0.29) is 5.95 Å². The maximum absolute atomic E-state index is 12.8. The van der Waals surface area contributed by atoms with Crippen molar-refractivity contribution in [2.45, 2.75) is 0 Å². The van der Waals surface area contributed by atoms with Crippen molar-refractivity contribution in [3.05, 3.63) is 29.6 Å². The lowest BCUT2D eigenvalue weighted by Gasteiger charge is -1.91. The first-order valence-electron chi connectivity index (χ1n) is 3.97. The van der Waals surface area contributed by atoms with Gasteiger partial charge in [-0.3, -0.25) is 4.79 Å². The summed E-state index contributed by atoms with van der Waals surface area (Å²) in [5, 5.41) is 0.554. The maximum Gasteiger partial charge on any atom is 0.296 e. The van der Waals surface area contributed by atoms with Gasteiger partial charge < -0.3 is 9.15 Å². The number of fused-ring (bicyclic) bond motifs is 1. The molecule has 0 N–H and O–H groups in total. The number of furan rings is 1. The predicted octanol–water partition coefficient (Wildman–Crippen LogP) is 2.39. The van der Waals surface area contributed by atoms with Crippen molar-refractivity contribution in [3.63, 3.8) is 0 Å². The van der Waals surface area contributed by atoms with Gasteiger partial charge in [-0.15, -0.1) is 0 Å². The molecule has 0 saturated carbocycles. The number of ether oxygens (including phenoxy) is 1. The smallest absolute Gasteiger partial charge is 0.296 e. The zero-order chi connectivity index (χ0) is 10.1. The molecular weight excluding hydrogens is 187 g/mol. The van der Waals surface area contributed by atoms with Gasteiger partial charge in [-0.2, -0.15) is 0 Å². The molecule has 0 aliphatic heterocycles. The Hall–Kier alpha value is -1.84. The fourth-order valence-corrected chi connectivity index (χ4v) is 1.33. The summed E-state index contributed by atoms with van der Waals surface area (Å²) in [5.41, 5.74) is 0.617. The van der Waals surface area contributed by atoms with Crippen LogP contribution in [0.15, 0.2) is 22.6 Å². The average Bonchev–Trinajstić information content (AvgIpc) is 2.54. The molecule has 0 radical (unpaired) electrons. The maximum atomic E-state index is 12.8. The van der Waals surface area contributed by atoms with E-state index >= 15 is 0 Å². The monoisotopic (exact) mass is 194 g/mol. The number of hydrogen-bond donors (Lipinski definition) is 0. The molecule has 2 rings (SSSR count). The molecule has 0 atom stereocenters. The molecule has 0 amide bonds. The summed E-state index contributed by atoms with van der Waals surface area (Å²) < 4.78 is 22.8. The largest absolute Gasteiger partial charge is 0.468 e. The van der Waals surface area contributed by atoms with Crippen LogP contribution in [-0.2, 0) is 0 Å². The van der Waals surface area contributed by atoms with Crippen LogP contribution in [-0.4, -0.2) is 13.4 Å². The fraction of sp³-hybridized carbons (Fsp3) is 0.100. The third-order valence-corrected chi connectivity index (χ3v) is 1.96. The Morgan fingerprint density at radius 3 is 2.93 bits per heavy atom. The van der Waals surface area contributed by atoms with Gasteiger partial charge in [0.2, 0.25) is 0 Å². The number of rotatable bonds is 2. The van der Waals surface area contributed by atoms with Crippen LogP contribution in [0.4, 0.5) is 4.39 Å². The number of hydrogen-bond acceptors (Lipinski definition) is 3. The molecule has 1 heterocycles. The molecule has 0 bridgehead atoms. The van der Waals surface area contributed by atoms with Crippen molar-refractivity contribution in [2.75, 3.05) is 7.11 Å². The summed E-state index contributed by atoms with van der Waals surface area (Å²) in [6.07, 6.45) is 0.628. The van der Waals surface area contributed by atoms with Crippen molar-refractivity contribution < 1.29 is 18.3 Å². The quantitative estimate of drug-likeness (QED) is 0.689. The van der Waals surface area contributed by atoms with Crippen LogP contribution in [0.3, 0.4) is 0 Å². The van der Waals surface area contributed by atoms with Gasteiger partial charge in [-0.1, -0.05) is 0 Å². The van der Waals surface area contributed by atoms with E-state index < -0.39 is 5.82 Å². The second-order valence-electron chi connectivity index (χ2n) is 2.77. The number of carbonyl (C=O) groups is 1. The van der Waals surface area contributed by atoms with Gasteiger partial charge in [0.25, 0.3) is 5.95 Å². The van der Waals surface area contributed by atoms with Gasteiger partial charge in [-0.25, -0.2) is 4.39 Å². The van der Waals surface area contributed by atoms with E-state index in [0.717, 1.165) is 0 Å². The van der Waals surface area contributed by atoms with E-state index in [1.807, 2.05) is 0 Å². The van der Waals surface area contributed by atoms with E-state index in [1.54, 1.807) is 0 Å². The zero-order valence-corrected chi connectivity index (χ0v) is 7.41. The first-order valence-corrected chi connectivity index (χ1v) is 3.97. The average molecular weight is 194 g/mol. The molecular formula is C10H7FO3. The first-order chi connectivity index (χ1) is 6.76. The molecule has 0 aliphatic rings. The summed E-state index contributed by atoms with van der Waals surface area (Å²) in [6.45, 7) is 0. The number of methoxy groups -OCH3 is 1. The standard InChI is InChI=1S/C10H7FO3/c1-13-10-8(5-12)7-3-2-6(11)4-9(7)14-10/h2-5H,1H3. The van der Waals surface area contributed by atoms with E-state index in [2.05, 4.69) is 0 Å². The highest BCUT2D eigenvalue weighted by Gasteiger charge is 2.14. The van der Waals surface area contributed by atoms with E-state index in [0.29, 0.717) is 22.8 Å². The topological polar surface area (TPSA) is 39.4 Å². The molecule has 14 heavy (non-hydrogen) atoms. The Balaban J connectivity index is 2.79. The number of halogens is 1. The van der Waals surface area contributed by atoms with Gasteiger partial charge in [-0.05, 0) is 12.1 Å².